The molecule has 3 heterocycles. The van der Waals surface area contributed by atoms with Gasteiger partial charge in [-0.2, -0.15) is 0 Å². The van der Waals surface area contributed by atoms with Crippen LogP contribution in [0.25, 0.3) is 10.9 Å². The fourth-order valence-corrected chi connectivity index (χ4v) is 7.74. The average molecular weight is 427 g/mol. The Balaban J connectivity index is 1.62. The van der Waals surface area contributed by atoms with Crippen molar-refractivity contribution in [2.75, 3.05) is 13.6 Å². The van der Waals surface area contributed by atoms with E-state index < -0.39 is 5.97 Å². The standard InChI is InChI=1S/C27H26N2O3/c1-14-8-9-15-12-19-26(2)13-17-20(25(30)31)16-6-4-5-7-18(16)28-22(17)24-27(26,10-11-29(19)3)21(15)23(14)32-24/h4-9,19,24H,10-13H2,1-3H3,(H,30,31)/t19-,24?,26+,27+/m1/s1. The second kappa shape index (κ2) is 5.70. The molecule has 1 aromatic heterocycles. The summed E-state index contributed by atoms with van der Waals surface area (Å²) in [6, 6.07) is 12.4. The second-order valence-corrected chi connectivity index (χ2v) is 10.4. The van der Waals surface area contributed by atoms with E-state index in [1.54, 1.807) is 0 Å². The molecule has 2 bridgehead atoms. The smallest absolute Gasteiger partial charge is 0.336 e. The SMILES string of the molecule is Cc1ccc2c3c1OC1c4nc5ccccc5c(C(=O)O)c4C[C@@]4(C)[C@@H](C2)N(C)CC[C@]314. The highest BCUT2D eigenvalue weighted by Crippen LogP contribution is 2.71. The van der Waals surface area contributed by atoms with Crippen LogP contribution in [0.1, 0.15) is 57.8 Å². The minimum Gasteiger partial charge on any atom is -0.483 e. The Morgan fingerprint density at radius 2 is 2.06 bits per heavy atom. The van der Waals surface area contributed by atoms with Gasteiger partial charge in [0.25, 0.3) is 0 Å². The van der Waals surface area contributed by atoms with Gasteiger partial charge in [0.1, 0.15) is 5.75 Å². The van der Waals surface area contributed by atoms with E-state index in [9.17, 15) is 9.90 Å². The third-order valence-corrected chi connectivity index (χ3v) is 9.16. The molecule has 32 heavy (non-hydrogen) atoms. The van der Waals surface area contributed by atoms with Crippen LogP contribution < -0.4 is 4.74 Å². The Kier molecular flexibility index (Phi) is 3.32. The summed E-state index contributed by atoms with van der Waals surface area (Å²) in [5.41, 5.74) is 6.49. The molecule has 2 aliphatic carbocycles. The molecule has 3 aromatic rings. The summed E-state index contributed by atoms with van der Waals surface area (Å²) in [5, 5.41) is 11.0. The number of likely N-dealkylation sites (N-methyl/N-ethyl adjacent to an activating group) is 1. The number of para-hydroxylation sites is 1. The van der Waals surface area contributed by atoms with Gasteiger partial charge in [-0.15, -0.1) is 0 Å². The highest BCUT2D eigenvalue weighted by atomic mass is 16.5. The molecule has 4 aliphatic rings. The van der Waals surface area contributed by atoms with Crippen molar-refractivity contribution in [1.29, 1.82) is 0 Å². The van der Waals surface area contributed by atoms with Gasteiger partial charge in [0.05, 0.1) is 22.2 Å². The Bertz CT molecular complexity index is 1360. The first-order valence-corrected chi connectivity index (χ1v) is 11.5. The van der Waals surface area contributed by atoms with Gasteiger partial charge in [0.2, 0.25) is 0 Å². The lowest BCUT2D eigenvalue weighted by atomic mass is 9.44. The van der Waals surface area contributed by atoms with Crippen LogP contribution in [0.3, 0.4) is 0 Å². The predicted octanol–water partition coefficient (Wildman–Crippen LogP) is 4.44. The highest BCUT2D eigenvalue weighted by molar-refractivity contribution is 6.04. The van der Waals surface area contributed by atoms with Crippen LogP contribution in [-0.4, -0.2) is 40.6 Å². The van der Waals surface area contributed by atoms with Gasteiger partial charge >= 0.3 is 5.97 Å². The molecule has 1 saturated heterocycles. The lowest BCUT2D eigenvalue weighted by molar-refractivity contribution is -0.0910. The Hall–Kier alpha value is -2.92. The van der Waals surface area contributed by atoms with Gasteiger partial charge < -0.3 is 14.7 Å². The van der Waals surface area contributed by atoms with Gasteiger partial charge in [0.15, 0.2) is 6.10 Å². The summed E-state index contributed by atoms with van der Waals surface area (Å²) in [6.45, 7) is 5.52. The molecular formula is C27H26N2O3. The van der Waals surface area contributed by atoms with Crippen LogP contribution in [0.15, 0.2) is 36.4 Å². The van der Waals surface area contributed by atoms with Gasteiger partial charge in [-0.25, -0.2) is 9.78 Å². The van der Waals surface area contributed by atoms with Crippen molar-refractivity contribution in [3.05, 3.63) is 69.9 Å². The topological polar surface area (TPSA) is 62.7 Å². The fraction of sp³-hybridized carbons (Fsp3) is 0.407. The molecule has 1 spiro atoms. The molecular weight excluding hydrogens is 400 g/mol. The zero-order valence-corrected chi connectivity index (χ0v) is 18.6. The zero-order valence-electron chi connectivity index (χ0n) is 18.6. The van der Waals surface area contributed by atoms with Gasteiger partial charge in [0, 0.05) is 22.4 Å². The van der Waals surface area contributed by atoms with E-state index in [1.807, 2.05) is 24.3 Å². The summed E-state index contributed by atoms with van der Waals surface area (Å²) in [7, 11) is 2.22. The number of fused-ring (bicyclic) bond motifs is 3. The number of aryl methyl sites for hydroxylation is 1. The first kappa shape index (κ1) is 18.6. The van der Waals surface area contributed by atoms with Crippen molar-refractivity contribution in [1.82, 2.24) is 9.88 Å². The van der Waals surface area contributed by atoms with Crippen LogP contribution >= 0.6 is 0 Å². The van der Waals surface area contributed by atoms with E-state index in [4.69, 9.17) is 9.72 Å². The van der Waals surface area contributed by atoms with Crippen molar-refractivity contribution in [3.63, 3.8) is 0 Å². The molecule has 2 aromatic carbocycles. The van der Waals surface area contributed by atoms with Crippen molar-refractivity contribution < 1.29 is 14.6 Å². The Labute approximate surface area is 187 Å². The van der Waals surface area contributed by atoms with Crippen molar-refractivity contribution >= 4 is 16.9 Å². The van der Waals surface area contributed by atoms with E-state index >= 15 is 0 Å². The number of nitrogens with zero attached hydrogens (tertiary/aromatic N) is 2. The number of pyridine rings is 1. The highest BCUT2D eigenvalue weighted by Gasteiger charge is 2.70. The van der Waals surface area contributed by atoms with Crippen LogP contribution in [0, 0.1) is 12.3 Å². The van der Waals surface area contributed by atoms with Gasteiger partial charge in [-0.3, -0.25) is 0 Å². The number of benzene rings is 2. The molecule has 0 saturated carbocycles. The van der Waals surface area contributed by atoms with E-state index in [2.05, 4.69) is 37.9 Å². The molecule has 1 fully saturated rings. The maximum Gasteiger partial charge on any atom is 0.336 e. The van der Waals surface area contributed by atoms with Crippen molar-refractivity contribution in [3.8, 4) is 5.75 Å². The number of piperidine rings is 1. The quantitative estimate of drug-likeness (QED) is 0.624. The van der Waals surface area contributed by atoms with Gasteiger partial charge in [-0.1, -0.05) is 37.3 Å². The average Bonchev–Trinajstić information content (AvgIpc) is 3.12. The molecule has 0 radical (unpaired) electrons. The number of carbonyl (C=O) groups is 1. The number of ether oxygens (including phenoxy) is 1. The summed E-state index contributed by atoms with van der Waals surface area (Å²) in [6.07, 6.45) is 2.45. The third kappa shape index (κ3) is 1.88. The fourth-order valence-electron chi connectivity index (χ4n) is 7.74. The number of hydrogen-bond donors (Lipinski definition) is 1. The Morgan fingerprint density at radius 1 is 1.25 bits per heavy atom. The molecule has 2 aliphatic heterocycles. The minimum absolute atomic E-state index is 0.127. The van der Waals surface area contributed by atoms with Crippen LogP contribution in [0.4, 0.5) is 0 Å². The number of rotatable bonds is 1. The number of carboxylic acids is 1. The second-order valence-electron chi connectivity index (χ2n) is 10.4. The zero-order chi connectivity index (χ0) is 22.0. The van der Waals surface area contributed by atoms with E-state index in [0.29, 0.717) is 18.0 Å². The predicted molar refractivity (Wildman–Crippen MR) is 121 cm³/mol. The summed E-state index contributed by atoms with van der Waals surface area (Å²) in [4.78, 5) is 20.2. The van der Waals surface area contributed by atoms with E-state index in [-0.39, 0.29) is 16.9 Å². The summed E-state index contributed by atoms with van der Waals surface area (Å²) >= 11 is 0. The van der Waals surface area contributed by atoms with E-state index in [0.717, 1.165) is 52.9 Å². The summed E-state index contributed by atoms with van der Waals surface area (Å²) in [5.74, 6) is 0.141. The first-order valence-electron chi connectivity index (χ1n) is 11.5. The number of carboxylic acid groups (broad SMARTS) is 1. The van der Waals surface area contributed by atoms with Crippen LogP contribution in [0.5, 0.6) is 5.75 Å². The monoisotopic (exact) mass is 426 g/mol. The molecule has 1 unspecified atom stereocenters. The molecule has 162 valence electrons. The molecule has 7 rings (SSSR count). The number of hydrogen-bond acceptors (Lipinski definition) is 4. The third-order valence-electron chi connectivity index (χ3n) is 9.16. The van der Waals surface area contributed by atoms with Crippen LogP contribution in [-0.2, 0) is 18.3 Å². The largest absolute Gasteiger partial charge is 0.483 e. The molecule has 5 heteroatoms. The maximum atomic E-state index is 12.6. The maximum absolute atomic E-state index is 12.6. The van der Waals surface area contributed by atoms with Crippen molar-refractivity contribution in [2.24, 2.45) is 5.41 Å². The van der Waals surface area contributed by atoms with Crippen molar-refractivity contribution in [2.45, 2.75) is 50.7 Å². The van der Waals surface area contributed by atoms with Crippen LogP contribution in [0.2, 0.25) is 0 Å². The molecule has 4 atom stereocenters. The number of likely N-dealkylation sites (tertiary alicyclic amines) is 1. The van der Waals surface area contributed by atoms with E-state index in [1.165, 1.54) is 11.1 Å². The molecule has 0 amide bonds. The number of aromatic carboxylic acids is 1. The normalized spacial score (nSPS) is 31.7. The minimum atomic E-state index is -0.874. The lowest BCUT2D eigenvalue weighted by Gasteiger charge is -2.64. The van der Waals surface area contributed by atoms with Gasteiger partial charge in [-0.05, 0) is 62.5 Å². The Morgan fingerprint density at radius 3 is 2.88 bits per heavy atom. The molecule has 1 N–H and O–H groups in total. The first-order chi connectivity index (χ1) is 15.4. The molecule has 5 nitrogen and oxygen atoms in total. The number of aromatic nitrogens is 1. The lowest BCUT2D eigenvalue weighted by Crippen LogP contribution is -2.68. The summed E-state index contributed by atoms with van der Waals surface area (Å²) < 4.78 is 6.85.